The molecule has 6 heteroatoms. The van der Waals surface area contributed by atoms with E-state index in [0.717, 1.165) is 60.9 Å². The maximum absolute atomic E-state index is 12.7. The summed E-state index contributed by atoms with van der Waals surface area (Å²) >= 11 is 0. The highest BCUT2D eigenvalue weighted by Gasteiger charge is 2.24. The fourth-order valence-corrected chi connectivity index (χ4v) is 3.88. The molecule has 1 fully saturated rings. The number of fused-ring (bicyclic) bond motifs is 1. The number of ether oxygens (including phenoxy) is 1. The molecule has 27 heavy (non-hydrogen) atoms. The van der Waals surface area contributed by atoms with Crippen LogP contribution in [-0.4, -0.2) is 47.5 Å². The fraction of sp³-hybridized carbons (Fsp3) is 0.476. The highest BCUT2D eigenvalue weighted by atomic mass is 16.5. The Kier molecular flexibility index (Phi) is 5.34. The number of amides is 1. The number of piperidine rings is 1. The third-order valence-corrected chi connectivity index (χ3v) is 5.46. The minimum Gasteiger partial charge on any atom is -0.497 e. The zero-order chi connectivity index (χ0) is 18.6. The zero-order valence-electron chi connectivity index (χ0n) is 15.8. The molecule has 0 aliphatic carbocycles. The van der Waals surface area contributed by atoms with Crippen LogP contribution in [0, 0.1) is 0 Å². The van der Waals surface area contributed by atoms with Crippen LogP contribution in [0.25, 0.3) is 0 Å². The van der Waals surface area contributed by atoms with Crippen molar-refractivity contribution in [2.75, 3.05) is 26.7 Å². The minimum absolute atomic E-state index is 0.134. The van der Waals surface area contributed by atoms with E-state index in [4.69, 9.17) is 9.72 Å². The van der Waals surface area contributed by atoms with Crippen molar-refractivity contribution in [2.45, 2.75) is 38.1 Å². The molecule has 6 nitrogen and oxygen atoms in total. The average molecular weight is 366 g/mol. The first-order valence-corrected chi connectivity index (χ1v) is 9.69. The zero-order valence-corrected chi connectivity index (χ0v) is 15.8. The summed E-state index contributed by atoms with van der Waals surface area (Å²) in [5, 5.41) is 3.42. The largest absolute Gasteiger partial charge is 0.497 e. The number of hydrogen-bond acceptors (Lipinski definition) is 5. The second-order valence-corrected chi connectivity index (χ2v) is 7.34. The van der Waals surface area contributed by atoms with E-state index in [-0.39, 0.29) is 5.91 Å². The number of aromatic nitrogens is 2. The van der Waals surface area contributed by atoms with Crippen LogP contribution in [0.15, 0.2) is 30.5 Å². The SMILES string of the molecule is COc1cccc(CC(=O)N2CCc3nc(C4CCCNC4)ncc3C2)c1. The molecule has 0 spiro atoms. The maximum atomic E-state index is 12.7. The molecule has 1 aromatic carbocycles. The number of nitrogens with zero attached hydrogens (tertiary/aromatic N) is 3. The molecule has 1 unspecified atom stereocenters. The predicted octanol–water partition coefficient (Wildman–Crippen LogP) is 2.08. The molecule has 2 aliphatic rings. The van der Waals surface area contributed by atoms with E-state index in [2.05, 4.69) is 10.3 Å². The molecule has 1 amide bonds. The molecule has 1 atom stereocenters. The molecule has 1 aromatic heterocycles. The monoisotopic (exact) mass is 366 g/mol. The van der Waals surface area contributed by atoms with E-state index in [0.29, 0.717) is 18.9 Å². The number of rotatable bonds is 4. The Balaban J connectivity index is 1.42. The standard InChI is InChI=1S/C21H26N4O2/c1-27-18-6-2-4-15(10-18)11-20(26)25-9-7-19-17(14-25)13-23-21(24-19)16-5-3-8-22-12-16/h2,4,6,10,13,16,22H,3,5,7-9,11-12,14H2,1H3. The van der Waals surface area contributed by atoms with Crippen molar-refractivity contribution in [3.05, 3.63) is 53.1 Å². The molecule has 1 N–H and O–H groups in total. The number of hydrogen-bond donors (Lipinski definition) is 1. The second kappa shape index (κ2) is 8.05. The van der Waals surface area contributed by atoms with Crippen LogP contribution in [-0.2, 0) is 24.2 Å². The quantitative estimate of drug-likeness (QED) is 0.897. The first kappa shape index (κ1) is 17.9. The lowest BCUT2D eigenvalue weighted by Crippen LogP contribution is -2.38. The Bertz CT molecular complexity index is 818. The maximum Gasteiger partial charge on any atom is 0.227 e. The van der Waals surface area contributed by atoms with Gasteiger partial charge in [-0.05, 0) is 37.1 Å². The summed E-state index contributed by atoms with van der Waals surface area (Å²) in [6.45, 7) is 3.37. The Morgan fingerprint density at radius 1 is 1.41 bits per heavy atom. The van der Waals surface area contributed by atoms with Crippen molar-refractivity contribution in [3.63, 3.8) is 0 Å². The highest BCUT2D eigenvalue weighted by molar-refractivity contribution is 5.79. The number of benzene rings is 1. The van der Waals surface area contributed by atoms with Gasteiger partial charge in [-0.2, -0.15) is 0 Å². The molecule has 2 aliphatic heterocycles. The van der Waals surface area contributed by atoms with Crippen LogP contribution < -0.4 is 10.1 Å². The molecule has 142 valence electrons. The third-order valence-electron chi connectivity index (χ3n) is 5.46. The summed E-state index contributed by atoms with van der Waals surface area (Å²) < 4.78 is 5.24. The van der Waals surface area contributed by atoms with Crippen molar-refractivity contribution in [3.8, 4) is 5.75 Å². The summed E-state index contributed by atoms with van der Waals surface area (Å²) in [5.74, 6) is 2.28. The molecule has 3 heterocycles. The van der Waals surface area contributed by atoms with E-state index in [1.165, 1.54) is 6.42 Å². The van der Waals surface area contributed by atoms with Gasteiger partial charge < -0.3 is 15.0 Å². The molecule has 0 bridgehead atoms. The van der Waals surface area contributed by atoms with Crippen LogP contribution in [0.1, 0.15) is 41.4 Å². The summed E-state index contributed by atoms with van der Waals surface area (Å²) in [4.78, 5) is 24.1. The number of nitrogens with one attached hydrogen (secondary N) is 1. The Morgan fingerprint density at radius 3 is 3.15 bits per heavy atom. The van der Waals surface area contributed by atoms with E-state index in [1.807, 2.05) is 35.4 Å². The number of carbonyl (C=O) groups is 1. The molecule has 2 aromatic rings. The summed E-state index contributed by atoms with van der Waals surface area (Å²) in [7, 11) is 1.64. The normalized spacial score (nSPS) is 19.4. The van der Waals surface area contributed by atoms with Gasteiger partial charge in [-0.15, -0.1) is 0 Å². The topological polar surface area (TPSA) is 67.3 Å². The molecule has 0 radical (unpaired) electrons. The van der Waals surface area contributed by atoms with Gasteiger partial charge in [0, 0.05) is 43.7 Å². The van der Waals surface area contributed by atoms with Gasteiger partial charge in [0.2, 0.25) is 5.91 Å². The van der Waals surface area contributed by atoms with Crippen LogP contribution in [0.4, 0.5) is 0 Å². The van der Waals surface area contributed by atoms with Crippen LogP contribution in [0.2, 0.25) is 0 Å². The van der Waals surface area contributed by atoms with Gasteiger partial charge in [-0.3, -0.25) is 4.79 Å². The van der Waals surface area contributed by atoms with E-state index < -0.39 is 0 Å². The minimum atomic E-state index is 0.134. The smallest absolute Gasteiger partial charge is 0.227 e. The third kappa shape index (κ3) is 4.11. The molecule has 4 rings (SSSR count). The molecular formula is C21H26N4O2. The lowest BCUT2D eigenvalue weighted by atomic mass is 9.98. The Hall–Kier alpha value is -2.47. The van der Waals surface area contributed by atoms with Crippen molar-refractivity contribution in [1.29, 1.82) is 0 Å². The van der Waals surface area contributed by atoms with Crippen LogP contribution in [0.3, 0.4) is 0 Å². The Labute approximate surface area is 160 Å². The molecular weight excluding hydrogens is 340 g/mol. The van der Waals surface area contributed by atoms with E-state index >= 15 is 0 Å². The van der Waals surface area contributed by atoms with Gasteiger partial charge in [0.05, 0.1) is 19.2 Å². The van der Waals surface area contributed by atoms with Gasteiger partial charge in [-0.1, -0.05) is 12.1 Å². The van der Waals surface area contributed by atoms with Gasteiger partial charge in [0.1, 0.15) is 11.6 Å². The van der Waals surface area contributed by atoms with Crippen molar-refractivity contribution in [1.82, 2.24) is 20.2 Å². The van der Waals surface area contributed by atoms with Gasteiger partial charge in [0.15, 0.2) is 0 Å². The van der Waals surface area contributed by atoms with Crippen molar-refractivity contribution < 1.29 is 9.53 Å². The summed E-state index contributed by atoms with van der Waals surface area (Å²) in [6, 6.07) is 7.69. The number of carbonyl (C=O) groups excluding carboxylic acids is 1. The summed E-state index contributed by atoms with van der Waals surface area (Å²) in [5.41, 5.74) is 3.16. The van der Waals surface area contributed by atoms with Gasteiger partial charge in [-0.25, -0.2) is 9.97 Å². The summed E-state index contributed by atoms with van der Waals surface area (Å²) in [6.07, 6.45) is 5.44. The lowest BCUT2D eigenvalue weighted by Gasteiger charge is -2.29. The van der Waals surface area contributed by atoms with Gasteiger partial charge >= 0.3 is 0 Å². The lowest BCUT2D eigenvalue weighted by molar-refractivity contribution is -0.131. The first-order chi connectivity index (χ1) is 13.2. The number of methoxy groups -OCH3 is 1. The first-order valence-electron chi connectivity index (χ1n) is 9.69. The molecule has 1 saturated heterocycles. The fourth-order valence-electron chi connectivity index (χ4n) is 3.88. The van der Waals surface area contributed by atoms with Crippen LogP contribution >= 0.6 is 0 Å². The van der Waals surface area contributed by atoms with E-state index in [1.54, 1.807) is 7.11 Å². The highest BCUT2D eigenvalue weighted by Crippen LogP contribution is 2.24. The van der Waals surface area contributed by atoms with Crippen molar-refractivity contribution >= 4 is 5.91 Å². The average Bonchev–Trinajstić information content (AvgIpc) is 2.73. The predicted molar refractivity (Wildman–Crippen MR) is 103 cm³/mol. The van der Waals surface area contributed by atoms with Gasteiger partial charge in [0.25, 0.3) is 0 Å². The van der Waals surface area contributed by atoms with Crippen molar-refractivity contribution in [2.24, 2.45) is 0 Å². The Morgan fingerprint density at radius 2 is 2.33 bits per heavy atom. The molecule has 0 saturated carbocycles. The van der Waals surface area contributed by atoms with Crippen LogP contribution in [0.5, 0.6) is 5.75 Å². The van der Waals surface area contributed by atoms with E-state index in [9.17, 15) is 4.79 Å². The second-order valence-electron chi connectivity index (χ2n) is 7.34.